The van der Waals surface area contributed by atoms with Crippen LogP contribution in [0.15, 0.2) is 67.0 Å². The van der Waals surface area contributed by atoms with Gasteiger partial charge in [0.1, 0.15) is 23.5 Å². The average Bonchev–Trinajstić information content (AvgIpc) is 3.25. The van der Waals surface area contributed by atoms with Gasteiger partial charge in [0.25, 0.3) is 0 Å². The number of hydroxylamine groups is 1. The topological polar surface area (TPSA) is 112 Å². The van der Waals surface area contributed by atoms with Crippen molar-refractivity contribution in [2.24, 2.45) is 0 Å². The maximum Gasteiger partial charge on any atom is 0.246 e. The van der Waals surface area contributed by atoms with E-state index in [1.54, 1.807) is 11.8 Å². The van der Waals surface area contributed by atoms with E-state index in [-0.39, 0.29) is 19.1 Å². The first kappa shape index (κ1) is 20.4. The SMILES string of the molecule is C[C@@H](Nc1ncnc2[nH]c(-c3ccc(OCCC(=O)NO)cc3)cc12)c1ccccc1. The number of nitrogens with one attached hydrogen (secondary N) is 3. The summed E-state index contributed by atoms with van der Waals surface area (Å²) >= 11 is 0. The highest BCUT2D eigenvalue weighted by Gasteiger charge is 2.12. The summed E-state index contributed by atoms with van der Waals surface area (Å²) in [5, 5.41) is 12.9. The number of benzene rings is 2. The standard InChI is InChI=1S/C23H23N5O3/c1-15(16-5-3-2-4-6-16)26-22-19-13-20(27-23(19)25-14-24-22)17-7-9-18(10-8-17)31-12-11-21(29)28-30/h2-10,13-15,30H,11-12H2,1H3,(H,28,29)(H2,24,25,26,27)/t15-/m1/s1. The second kappa shape index (κ2) is 9.27. The largest absolute Gasteiger partial charge is 0.493 e. The lowest BCUT2D eigenvalue weighted by molar-refractivity contribution is -0.129. The Labute approximate surface area is 179 Å². The lowest BCUT2D eigenvalue weighted by Crippen LogP contribution is -2.20. The molecule has 0 fully saturated rings. The summed E-state index contributed by atoms with van der Waals surface area (Å²) in [6.07, 6.45) is 1.62. The third-order valence-electron chi connectivity index (χ3n) is 4.97. The lowest BCUT2D eigenvalue weighted by atomic mass is 10.1. The molecule has 1 atom stereocenters. The van der Waals surface area contributed by atoms with Gasteiger partial charge in [0.2, 0.25) is 5.91 Å². The van der Waals surface area contributed by atoms with Crippen LogP contribution in [0.3, 0.4) is 0 Å². The van der Waals surface area contributed by atoms with Crippen molar-refractivity contribution < 1.29 is 14.7 Å². The van der Waals surface area contributed by atoms with Gasteiger partial charge in [0.05, 0.1) is 18.4 Å². The Morgan fingerprint density at radius 2 is 1.90 bits per heavy atom. The van der Waals surface area contributed by atoms with E-state index in [1.807, 2.05) is 48.5 Å². The zero-order valence-electron chi connectivity index (χ0n) is 17.0. The number of aromatic amines is 1. The summed E-state index contributed by atoms with van der Waals surface area (Å²) < 4.78 is 5.52. The van der Waals surface area contributed by atoms with Crippen molar-refractivity contribution in [3.05, 3.63) is 72.6 Å². The van der Waals surface area contributed by atoms with Crippen LogP contribution in [0.25, 0.3) is 22.3 Å². The molecule has 0 saturated heterocycles. The third-order valence-corrected chi connectivity index (χ3v) is 4.97. The van der Waals surface area contributed by atoms with Gasteiger partial charge in [-0.05, 0) is 48.4 Å². The van der Waals surface area contributed by atoms with Crippen LogP contribution in [0, 0.1) is 0 Å². The predicted octanol–water partition coefficient (Wildman–Crippen LogP) is 4.07. The molecule has 2 aromatic carbocycles. The molecule has 2 heterocycles. The summed E-state index contributed by atoms with van der Waals surface area (Å²) in [4.78, 5) is 23.2. The zero-order chi connectivity index (χ0) is 21.6. The van der Waals surface area contributed by atoms with E-state index in [4.69, 9.17) is 9.94 Å². The Morgan fingerprint density at radius 3 is 2.65 bits per heavy atom. The quantitative estimate of drug-likeness (QED) is 0.254. The van der Waals surface area contributed by atoms with Gasteiger partial charge in [-0.25, -0.2) is 15.4 Å². The first-order valence-electron chi connectivity index (χ1n) is 9.95. The fourth-order valence-electron chi connectivity index (χ4n) is 3.29. The van der Waals surface area contributed by atoms with Crippen molar-refractivity contribution >= 4 is 22.8 Å². The number of hydrogen-bond donors (Lipinski definition) is 4. The van der Waals surface area contributed by atoms with Gasteiger partial charge in [-0.3, -0.25) is 10.0 Å². The lowest BCUT2D eigenvalue weighted by Gasteiger charge is -2.15. The zero-order valence-corrected chi connectivity index (χ0v) is 17.0. The summed E-state index contributed by atoms with van der Waals surface area (Å²) in [6, 6.07) is 19.9. The Bertz CT molecular complexity index is 1160. The normalized spacial score (nSPS) is 11.8. The number of hydrogen-bond acceptors (Lipinski definition) is 6. The molecule has 0 saturated carbocycles. The Balaban J connectivity index is 1.50. The van der Waals surface area contributed by atoms with Gasteiger partial charge in [0, 0.05) is 11.7 Å². The van der Waals surface area contributed by atoms with Crippen LogP contribution in [0.2, 0.25) is 0 Å². The van der Waals surface area contributed by atoms with Crippen LogP contribution in [-0.2, 0) is 4.79 Å². The first-order valence-corrected chi connectivity index (χ1v) is 9.95. The van der Waals surface area contributed by atoms with Crippen molar-refractivity contribution in [2.75, 3.05) is 11.9 Å². The molecule has 0 aliphatic rings. The van der Waals surface area contributed by atoms with Crippen LogP contribution in [0.5, 0.6) is 5.75 Å². The number of carbonyl (C=O) groups excluding carboxylic acids is 1. The van der Waals surface area contributed by atoms with Gasteiger partial charge in [-0.15, -0.1) is 0 Å². The minimum Gasteiger partial charge on any atom is -0.493 e. The summed E-state index contributed by atoms with van der Waals surface area (Å²) in [6.45, 7) is 2.28. The van der Waals surface area contributed by atoms with Crippen LogP contribution >= 0.6 is 0 Å². The monoisotopic (exact) mass is 417 g/mol. The number of ether oxygens (including phenoxy) is 1. The van der Waals surface area contributed by atoms with E-state index < -0.39 is 5.91 Å². The van der Waals surface area contributed by atoms with Gasteiger partial charge in [-0.1, -0.05) is 30.3 Å². The van der Waals surface area contributed by atoms with Crippen LogP contribution in [-0.4, -0.2) is 32.7 Å². The molecule has 0 bridgehead atoms. The summed E-state index contributed by atoms with van der Waals surface area (Å²) in [7, 11) is 0. The molecule has 0 radical (unpaired) electrons. The summed E-state index contributed by atoms with van der Waals surface area (Å²) in [5.41, 5.74) is 5.40. The highest BCUT2D eigenvalue weighted by molar-refractivity contribution is 5.91. The Hall–Kier alpha value is -3.91. The van der Waals surface area contributed by atoms with Gasteiger partial charge in [-0.2, -0.15) is 0 Å². The number of aromatic nitrogens is 3. The maximum atomic E-state index is 11.0. The molecule has 4 rings (SSSR count). The first-order chi connectivity index (χ1) is 15.1. The maximum absolute atomic E-state index is 11.0. The predicted molar refractivity (Wildman–Crippen MR) is 118 cm³/mol. The van der Waals surface area contributed by atoms with E-state index in [2.05, 4.69) is 39.3 Å². The number of carbonyl (C=O) groups is 1. The Kier molecular flexibility index (Phi) is 6.09. The average molecular weight is 417 g/mol. The second-order valence-corrected chi connectivity index (χ2v) is 7.10. The molecule has 4 N–H and O–H groups in total. The van der Waals surface area contributed by atoms with Crippen LogP contribution in [0.1, 0.15) is 24.9 Å². The van der Waals surface area contributed by atoms with Gasteiger partial charge >= 0.3 is 0 Å². The van der Waals surface area contributed by atoms with Crippen molar-refractivity contribution in [3.63, 3.8) is 0 Å². The minimum absolute atomic E-state index is 0.0795. The number of fused-ring (bicyclic) bond motifs is 1. The molecule has 2 aromatic heterocycles. The molecule has 8 heteroatoms. The van der Waals surface area contributed by atoms with Crippen molar-refractivity contribution in [2.45, 2.75) is 19.4 Å². The molecule has 31 heavy (non-hydrogen) atoms. The minimum atomic E-state index is -0.484. The molecular weight excluding hydrogens is 394 g/mol. The molecule has 0 aliphatic heterocycles. The molecule has 0 unspecified atom stereocenters. The van der Waals surface area contributed by atoms with Gasteiger partial charge in [0.15, 0.2) is 0 Å². The second-order valence-electron chi connectivity index (χ2n) is 7.10. The number of rotatable bonds is 8. The number of anilines is 1. The molecule has 0 aliphatic carbocycles. The van der Waals surface area contributed by atoms with Crippen molar-refractivity contribution in [3.8, 4) is 17.0 Å². The highest BCUT2D eigenvalue weighted by atomic mass is 16.5. The van der Waals surface area contributed by atoms with E-state index in [9.17, 15) is 4.79 Å². The van der Waals surface area contributed by atoms with Gasteiger partial charge < -0.3 is 15.0 Å². The molecule has 1 amide bonds. The summed E-state index contributed by atoms with van der Waals surface area (Å²) in [5.74, 6) is 0.928. The van der Waals surface area contributed by atoms with E-state index in [0.717, 1.165) is 28.1 Å². The molecular formula is C23H23N5O3. The van der Waals surface area contributed by atoms with E-state index in [1.165, 1.54) is 5.56 Å². The number of amides is 1. The fraction of sp³-hybridized carbons (Fsp3) is 0.174. The van der Waals surface area contributed by atoms with E-state index >= 15 is 0 Å². The third kappa shape index (κ3) is 4.81. The molecule has 4 aromatic rings. The van der Waals surface area contributed by atoms with Crippen LogP contribution in [0.4, 0.5) is 5.82 Å². The number of nitrogens with zero attached hydrogens (tertiary/aromatic N) is 2. The van der Waals surface area contributed by atoms with E-state index in [0.29, 0.717) is 5.75 Å². The molecule has 158 valence electrons. The molecule has 8 nitrogen and oxygen atoms in total. The Morgan fingerprint density at radius 1 is 1.13 bits per heavy atom. The smallest absolute Gasteiger partial charge is 0.246 e. The highest BCUT2D eigenvalue weighted by Crippen LogP contribution is 2.29. The van der Waals surface area contributed by atoms with Crippen LogP contribution < -0.4 is 15.5 Å². The fourth-order valence-corrected chi connectivity index (χ4v) is 3.29. The van der Waals surface area contributed by atoms with Crippen molar-refractivity contribution in [1.29, 1.82) is 0 Å². The number of H-pyrrole nitrogens is 1. The van der Waals surface area contributed by atoms with Crippen molar-refractivity contribution in [1.82, 2.24) is 20.4 Å². The molecule has 0 spiro atoms.